The molecular weight excluding hydrogens is 279 g/mol. The maximum absolute atomic E-state index is 13.0. The summed E-state index contributed by atoms with van der Waals surface area (Å²) in [5.41, 5.74) is -0.419. The van der Waals surface area contributed by atoms with Crippen LogP contribution < -0.4 is 4.90 Å². The number of nitrogens with zero attached hydrogens (tertiary/aromatic N) is 1. The molecule has 2 atom stereocenters. The summed E-state index contributed by atoms with van der Waals surface area (Å²) in [5, 5.41) is 0. The van der Waals surface area contributed by atoms with Crippen molar-refractivity contribution in [1.29, 1.82) is 0 Å². The molecule has 0 bridgehead atoms. The molecule has 6 heteroatoms. The molecule has 0 aromatic heterocycles. The number of rotatable bonds is 2. The number of hydrogen-bond acceptors (Lipinski definition) is 2. The van der Waals surface area contributed by atoms with Crippen LogP contribution in [-0.4, -0.2) is 31.2 Å². The van der Waals surface area contributed by atoms with Gasteiger partial charge in [0.25, 0.3) is 0 Å². The molecule has 0 radical (unpaired) electrons. The molecule has 0 N–H and O–H groups in total. The van der Waals surface area contributed by atoms with E-state index in [0.29, 0.717) is 13.1 Å². The Kier molecular flexibility index (Phi) is 4.26. The molecule has 0 aliphatic carbocycles. The van der Waals surface area contributed by atoms with Crippen LogP contribution in [0.5, 0.6) is 0 Å². The summed E-state index contributed by atoms with van der Waals surface area (Å²) in [6.45, 7) is 2.64. The fourth-order valence-electron chi connectivity index (χ4n) is 2.32. The highest BCUT2D eigenvalue weighted by atomic mass is 35.5. The van der Waals surface area contributed by atoms with Crippen molar-refractivity contribution >= 4 is 17.3 Å². The highest BCUT2D eigenvalue weighted by Gasteiger charge is 2.36. The van der Waals surface area contributed by atoms with Gasteiger partial charge in [0, 0.05) is 18.8 Å². The number of halogens is 4. The van der Waals surface area contributed by atoms with Crippen molar-refractivity contribution < 1.29 is 17.9 Å². The molecule has 1 aromatic carbocycles. The zero-order chi connectivity index (χ0) is 14.0. The van der Waals surface area contributed by atoms with Gasteiger partial charge in [0.2, 0.25) is 0 Å². The standard InChI is InChI=1S/C13H15ClF3NO/c1-9-7-18(8-10(6-14)19-9)12-5-3-2-4-11(12)13(15,16)17/h2-5,9-10H,6-8H2,1H3. The highest BCUT2D eigenvalue weighted by molar-refractivity contribution is 6.18. The molecule has 1 aliphatic heterocycles. The van der Waals surface area contributed by atoms with Gasteiger partial charge in [-0.1, -0.05) is 12.1 Å². The lowest BCUT2D eigenvalue weighted by Gasteiger charge is -2.38. The number of morpholine rings is 1. The summed E-state index contributed by atoms with van der Waals surface area (Å²) in [6, 6.07) is 5.60. The Balaban J connectivity index is 2.31. The van der Waals surface area contributed by atoms with Crippen molar-refractivity contribution in [2.75, 3.05) is 23.9 Å². The summed E-state index contributed by atoms with van der Waals surface area (Å²) in [4.78, 5) is 1.70. The molecule has 2 nitrogen and oxygen atoms in total. The maximum Gasteiger partial charge on any atom is 0.418 e. The van der Waals surface area contributed by atoms with Crippen LogP contribution in [0.15, 0.2) is 24.3 Å². The summed E-state index contributed by atoms with van der Waals surface area (Å²) in [5.74, 6) is 0.273. The van der Waals surface area contributed by atoms with E-state index in [-0.39, 0.29) is 23.8 Å². The fraction of sp³-hybridized carbons (Fsp3) is 0.538. The molecule has 1 fully saturated rings. The van der Waals surface area contributed by atoms with Gasteiger partial charge in [0.1, 0.15) is 0 Å². The molecule has 0 amide bonds. The van der Waals surface area contributed by atoms with Crippen molar-refractivity contribution in [3.05, 3.63) is 29.8 Å². The fourth-order valence-corrected chi connectivity index (χ4v) is 2.49. The second-order valence-corrected chi connectivity index (χ2v) is 4.95. The Morgan fingerprint density at radius 1 is 1.32 bits per heavy atom. The van der Waals surface area contributed by atoms with E-state index in [1.165, 1.54) is 12.1 Å². The first-order valence-corrected chi connectivity index (χ1v) is 6.58. The van der Waals surface area contributed by atoms with E-state index in [1.54, 1.807) is 11.0 Å². The van der Waals surface area contributed by atoms with E-state index in [1.807, 2.05) is 6.92 Å². The van der Waals surface area contributed by atoms with Crippen molar-refractivity contribution in [1.82, 2.24) is 0 Å². The quantitative estimate of drug-likeness (QED) is 0.773. The van der Waals surface area contributed by atoms with E-state index >= 15 is 0 Å². The molecule has 0 saturated carbocycles. The van der Waals surface area contributed by atoms with Crippen LogP contribution >= 0.6 is 11.6 Å². The minimum Gasteiger partial charge on any atom is -0.370 e. The highest BCUT2D eigenvalue weighted by Crippen LogP contribution is 2.37. The summed E-state index contributed by atoms with van der Waals surface area (Å²) < 4.78 is 44.5. The molecule has 1 aliphatic rings. The van der Waals surface area contributed by atoms with Crippen LogP contribution in [0.4, 0.5) is 18.9 Å². The molecule has 1 aromatic rings. The Bertz CT molecular complexity index is 438. The minimum atomic E-state index is -4.35. The summed E-state index contributed by atoms with van der Waals surface area (Å²) in [6.07, 6.45) is -4.74. The Morgan fingerprint density at radius 3 is 2.63 bits per heavy atom. The van der Waals surface area contributed by atoms with Gasteiger partial charge in [-0.05, 0) is 19.1 Å². The predicted molar refractivity (Wildman–Crippen MR) is 68.7 cm³/mol. The second-order valence-electron chi connectivity index (χ2n) is 4.64. The Hall–Kier alpha value is -0.940. The van der Waals surface area contributed by atoms with Crippen LogP contribution in [0.1, 0.15) is 12.5 Å². The molecule has 106 valence electrons. The normalized spacial score (nSPS) is 24.6. The lowest BCUT2D eigenvalue weighted by atomic mass is 10.1. The number of benzene rings is 1. The van der Waals surface area contributed by atoms with Gasteiger partial charge in [-0.15, -0.1) is 11.6 Å². The van der Waals surface area contributed by atoms with Crippen LogP contribution in [-0.2, 0) is 10.9 Å². The monoisotopic (exact) mass is 293 g/mol. The van der Waals surface area contributed by atoms with E-state index in [2.05, 4.69) is 0 Å². The SMILES string of the molecule is CC1CN(c2ccccc2C(F)(F)F)CC(CCl)O1. The third-order valence-electron chi connectivity index (χ3n) is 3.05. The first kappa shape index (κ1) is 14.5. The van der Waals surface area contributed by atoms with E-state index in [4.69, 9.17) is 16.3 Å². The zero-order valence-electron chi connectivity index (χ0n) is 10.5. The number of hydrogen-bond donors (Lipinski definition) is 0. The van der Waals surface area contributed by atoms with Gasteiger partial charge in [-0.3, -0.25) is 0 Å². The number of para-hydroxylation sites is 1. The Morgan fingerprint density at radius 2 is 2.00 bits per heavy atom. The average Bonchev–Trinajstić information content (AvgIpc) is 2.37. The van der Waals surface area contributed by atoms with Gasteiger partial charge in [-0.25, -0.2) is 0 Å². The molecule has 0 spiro atoms. The summed E-state index contributed by atoms with van der Waals surface area (Å²) >= 11 is 5.75. The molecule has 2 unspecified atom stereocenters. The van der Waals surface area contributed by atoms with Crippen molar-refractivity contribution in [2.24, 2.45) is 0 Å². The molecule has 2 rings (SSSR count). The van der Waals surface area contributed by atoms with Crippen LogP contribution in [0.2, 0.25) is 0 Å². The third-order valence-corrected chi connectivity index (χ3v) is 3.39. The maximum atomic E-state index is 13.0. The minimum absolute atomic E-state index is 0.140. The smallest absolute Gasteiger partial charge is 0.370 e. The lowest BCUT2D eigenvalue weighted by Crippen LogP contribution is -2.48. The molecular formula is C13H15ClF3NO. The van der Waals surface area contributed by atoms with E-state index < -0.39 is 11.7 Å². The topological polar surface area (TPSA) is 12.5 Å². The van der Waals surface area contributed by atoms with Crippen molar-refractivity contribution in [3.8, 4) is 0 Å². The second kappa shape index (κ2) is 5.59. The first-order chi connectivity index (χ1) is 8.91. The first-order valence-electron chi connectivity index (χ1n) is 6.04. The number of ether oxygens (including phenoxy) is 1. The Labute approximate surface area is 115 Å². The predicted octanol–water partition coefficient (Wildman–Crippen LogP) is 3.54. The van der Waals surface area contributed by atoms with Gasteiger partial charge in [-0.2, -0.15) is 13.2 Å². The van der Waals surface area contributed by atoms with E-state index in [9.17, 15) is 13.2 Å². The van der Waals surface area contributed by atoms with Crippen LogP contribution in [0.3, 0.4) is 0 Å². The largest absolute Gasteiger partial charge is 0.418 e. The summed E-state index contributed by atoms with van der Waals surface area (Å²) in [7, 11) is 0. The van der Waals surface area contributed by atoms with Gasteiger partial charge >= 0.3 is 6.18 Å². The zero-order valence-corrected chi connectivity index (χ0v) is 11.2. The molecule has 19 heavy (non-hydrogen) atoms. The van der Waals surface area contributed by atoms with Crippen molar-refractivity contribution in [3.63, 3.8) is 0 Å². The van der Waals surface area contributed by atoms with Gasteiger partial charge in [0.15, 0.2) is 0 Å². The number of alkyl halides is 4. The molecule has 1 saturated heterocycles. The van der Waals surface area contributed by atoms with Crippen LogP contribution in [0.25, 0.3) is 0 Å². The van der Waals surface area contributed by atoms with Gasteiger partial charge < -0.3 is 9.64 Å². The van der Waals surface area contributed by atoms with Crippen LogP contribution in [0, 0.1) is 0 Å². The van der Waals surface area contributed by atoms with Gasteiger partial charge in [0.05, 0.1) is 23.7 Å². The van der Waals surface area contributed by atoms with E-state index in [0.717, 1.165) is 6.07 Å². The van der Waals surface area contributed by atoms with Crippen molar-refractivity contribution in [2.45, 2.75) is 25.3 Å². The average molecular weight is 294 g/mol. The number of anilines is 1. The molecule has 1 heterocycles. The third kappa shape index (κ3) is 3.34. The lowest BCUT2D eigenvalue weighted by molar-refractivity contribution is -0.137.